The molecule has 0 aliphatic heterocycles. The first-order valence-electron chi connectivity index (χ1n) is 10.9. The Bertz CT molecular complexity index is 1000. The van der Waals surface area contributed by atoms with Gasteiger partial charge in [0.25, 0.3) is 0 Å². The molecule has 0 spiro atoms. The molecule has 0 heterocycles. The lowest BCUT2D eigenvalue weighted by atomic mass is 9.94. The van der Waals surface area contributed by atoms with Crippen LogP contribution in [-0.4, -0.2) is 53.7 Å². The Balaban J connectivity index is 1.44. The number of carbonyl (C=O) groups excluding carboxylic acids is 2. The number of rotatable bonds is 8. The zero-order valence-corrected chi connectivity index (χ0v) is 18.3. The van der Waals surface area contributed by atoms with Crippen LogP contribution in [0.15, 0.2) is 48.5 Å². The Kier molecular flexibility index (Phi) is 5.91. The maximum absolute atomic E-state index is 13.0. The fourth-order valence-electron chi connectivity index (χ4n) is 4.60. The molecule has 2 aromatic carbocycles. The van der Waals surface area contributed by atoms with E-state index in [1.165, 1.54) is 4.90 Å². The Hall–Kier alpha value is -3.35. The van der Waals surface area contributed by atoms with Crippen molar-refractivity contribution in [2.45, 2.75) is 37.6 Å². The molecule has 1 saturated carbocycles. The first-order chi connectivity index (χ1) is 15.3. The molecular weight excluding hydrogens is 408 g/mol. The topological polar surface area (TPSA) is 95.9 Å². The summed E-state index contributed by atoms with van der Waals surface area (Å²) in [5.41, 5.74) is 3.42. The number of carboxylic acids is 1. The molecule has 2 aliphatic rings. The molecule has 2 aromatic rings. The molecule has 1 atom stereocenters. The zero-order chi connectivity index (χ0) is 22.9. The van der Waals surface area contributed by atoms with Gasteiger partial charge in [0.05, 0.1) is 6.42 Å². The van der Waals surface area contributed by atoms with Gasteiger partial charge in [-0.2, -0.15) is 0 Å². The number of amides is 2. The quantitative estimate of drug-likeness (QED) is 0.659. The first-order valence-corrected chi connectivity index (χ1v) is 10.9. The molecular formula is C25H28N2O5. The van der Waals surface area contributed by atoms with Crippen molar-refractivity contribution in [1.29, 1.82) is 0 Å². The second-order valence-corrected chi connectivity index (χ2v) is 8.80. The number of benzene rings is 2. The minimum atomic E-state index is -1.12. The van der Waals surface area contributed by atoms with Crippen LogP contribution in [0.4, 0.5) is 4.79 Å². The lowest BCUT2D eigenvalue weighted by Crippen LogP contribution is -2.59. The highest BCUT2D eigenvalue weighted by Gasteiger charge is 2.50. The first kappa shape index (κ1) is 21.9. The number of fused-ring (bicyclic) bond motifs is 3. The van der Waals surface area contributed by atoms with Crippen molar-refractivity contribution in [2.24, 2.45) is 5.92 Å². The van der Waals surface area contributed by atoms with Gasteiger partial charge in [0, 0.05) is 19.5 Å². The largest absolute Gasteiger partial charge is 0.481 e. The van der Waals surface area contributed by atoms with Gasteiger partial charge in [0.15, 0.2) is 0 Å². The summed E-state index contributed by atoms with van der Waals surface area (Å²) in [6.07, 6.45) is 0.881. The third kappa shape index (κ3) is 4.20. The molecule has 0 aromatic heterocycles. The second-order valence-electron chi connectivity index (χ2n) is 8.80. The molecule has 1 fully saturated rings. The van der Waals surface area contributed by atoms with Gasteiger partial charge in [-0.05, 0) is 47.9 Å². The third-order valence-electron chi connectivity index (χ3n) is 6.55. The van der Waals surface area contributed by atoms with Gasteiger partial charge in [0.1, 0.15) is 12.1 Å². The summed E-state index contributed by atoms with van der Waals surface area (Å²) >= 11 is 0. The van der Waals surface area contributed by atoms with Gasteiger partial charge in [-0.25, -0.2) is 4.79 Å². The molecule has 0 saturated heterocycles. The SMILES string of the molecule is CN(CCC(=O)O)C(=O)C(C)(NC(=O)OCC1c2ccccc2-c2ccccc21)C1CC1. The van der Waals surface area contributed by atoms with E-state index in [2.05, 4.69) is 29.6 Å². The van der Waals surface area contributed by atoms with Crippen LogP contribution in [-0.2, 0) is 14.3 Å². The van der Waals surface area contributed by atoms with Crippen molar-refractivity contribution in [2.75, 3.05) is 20.2 Å². The number of nitrogens with one attached hydrogen (secondary N) is 1. The lowest BCUT2D eigenvalue weighted by molar-refractivity contribution is -0.140. The highest BCUT2D eigenvalue weighted by atomic mass is 16.5. The number of alkyl carbamates (subject to hydrolysis) is 1. The van der Waals surface area contributed by atoms with Gasteiger partial charge >= 0.3 is 12.1 Å². The zero-order valence-electron chi connectivity index (χ0n) is 18.3. The fourth-order valence-corrected chi connectivity index (χ4v) is 4.60. The molecule has 2 amide bonds. The number of nitrogens with zero attached hydrogens (tertiary/aromatic N) is 1. The van der Waals surface area contributed by atoms with Crippen LogP contribution < -0.4 is 5.32 Å². The van der Waals surface area contributed by atoms with Crippen molar-refractivity contribution < 1.29 is 24.2 Å². The average molecular weight is 437 g/mol. The summed E-state index contributed by atoms with van der Waals surface area (Å²) in [6, 6.07) is 16.2. The normalized spacial score (nSPS) is 16.4. The van der Waals surface area contributed by atoms with Crippen molar-refractivity contribution >= 4 is 18.0 Å². The van der Waals surface area contributed by atoms with E-state index in [0.29, 0.717) is 0 Å². The van der Waals surface area contributed by atoms with Gasteiger partial charge in [-0.3, -0.25) is 9.59 Å². The molecule has 2 N–H and O–H groups in total. The summed E-state index contributed by atoms with van der Waals surface area (Å²) < 4.78 is 5.63. The van der Waals surface area contributed by atoms with Gasteiger partial charge < -0.3 is 20.1 Å². The Morgan fingerprint density at radius 3 is 2.16 bits per heavy atom. The van der Waals surface area contributed by atoms with Crippen LogP contribution in [0.3, 0.4) is 0 Å². The van der Waals surface area contributed by atoms with Crippen molar-refractivity contribution in [1.82, 2.24) is 10.2 Å². The van der Waals surface area contributed by atoms with Crippen molar-refractivity contribution in [3.8, 4) is 11.1 Å². The van der Waals surface area contributed by atoms with E-state index >= 15 is 0 Å². The number of carbonyl (C=O) groups is 3. The van der Waals surface area contributed by atoms with Crippen LogP contribution in [0.2, 0.25) is 0 Å². The number of aliphatic carboxylic acids is 1. The van der Waals surface area contributed by atoms with E-state index in [0.717, 1.165) is 35.1 Å². The van der Waals surface area contributed by atoms with Crippen LogP contribution in [0.5, 0.6) is 0 Å². The maximum atomic E-state index is 13.0. The molecule has 168 valence electrons. The van der Waals surface area contributed by atoms with Gasteiger partial charge in [-0.1, -0.05) is 48.5 Å². The van der Waals surface area contributed by atoms with Crippen LogP contribution in [0.25, 0.3) is 11.1 Å². The number of likely N-dealkylation sites (N-methyl/N-ethyl adjacent to an activating group) is 1. The van der Waals surface area contributed by atoms with E-state index in [-0.39, 0.29) is 37.3 Å². The number of hydrogen-bond acceptors (Lipinski definition) is 4. The van der Waals surface area contributed by atoms with E-state index in [9.17, 15) is 14.4 Å². The Morgan fingerprint density at radius 2 is 1.62 bits per heavy atom. The molecule has 32 heavy (non-hydrogen) atoms. The molecule has 4 rings (SSSR count). The van der Waals surface area contributed by atoms with Crippen molar-refractivity contribution in [3.05, 3.63) is 59.7 Å². The van der Waals surface area contributed by atoms with Crippen LogP contribution >= 0.6 is 0 Å². The Morgan fingerprint density at radius 1 is 1.06 bits per heavy atom. The highest BCUT2D eigenvalue weighted by Crippen LogP contribution is 2.44. The molecule has 7 nitrogen and oxygen atoms in total. The molecule has 0 radical (unpaired) electrons. The van der Waals surface area contributed by atoms with Crippen LogP contribution in [0, 0.1) is 5.92 Å². The summed E-state index contributed by atoms with van der Waals surface area (Å²) in [6.45, 7) is 1.96. The average Bonchev–Trinajstić information content (AvgIpc) is 3.59. The predicted octanol–water partition coefficient (Wildman–Crippen LogP) is 3.63. The highest BCUT2D eigenvalue weighted by molar-refractivity contribution is 5.90. The third-order valence-corrected chi connectivity index (χ3v) is 6.55. The standard InChI is InChI=1S/C25H28N2O5/c1-25(16-11-12-16,23(30)27(2)14-13-22(28)29)26-24(31)32-15-21-19-9-5-3-7-17(19)18-8-4-6-10-20(18)21/h3-10,16,21H,11-15H2,1-2H3,(H,26,31)(H,28,29). The lowest BCUT2D eigenvalue weighted by Gasteiger charge is -2.33. The number of carboxylic acid groups (broad SMARTS) is 1. The number of ether oxygens (including phenoxy) is 1. The minimum Gasteiger partial charge on any atom is -0.481 e. The maximum Gasteiger partial charge on any atom is 0.408 e. The van der Waals surface area contributed by atoms with Crippen molar-refractivity contribution in [3.63, 3.8) is 0 Å². The summed E-state index contributed by atoms with van der Waals surface area (Å²) in [5.74, 6) is -1.31. The monoisotopic (exact) mass is 436 g/mol. The molecule has 0 bridgehead atoms. The van der Waals surface area contributed by atoms with E-state index < -0.39 is 17.6 Å². The smallest absolute Gasteiger partial charge is 0.408 e. The summed E-state index contributed by atoms with van der Waals surface area (Å²) in [7, 11) is 1.56. The van der Waals surface area contributed by atoms with Crippen LogP contribution in [0.1, 0.15) is 43.2 Å². The van der Waals surface area contributed by atoms with E-state index in [1.54, 1.807) is 14.0 Å². The molecule has 1 unspecified atom stereocenters. The second kappa shape index (κ2) is 8.65. The van der Waals surface area contributed by atoms with Gasteiger partial charge in [0.2, 0.25) is 5.91 Å². The molecule has 7 heteroatoms. The fraction of sp³-hybridized carbons (Fsp3) is 0.400. The molecule has 2 aliphatic carbocycles. The Labute approximate surface area is 187 Å². The van der Waals surface area contributed by atoms with E-state index in [1.807, 2.05) is 24.3 Å². The number of hydrogen-bond donors (Lipinski definition) is 2. The predicted molar refractivity (Wildman–Crippen MR) is 119 cm³/mol. The summed E-state index contributed by atoms with van der Waals surface area (Å²) in [4.78, 5) is 38.0. The van der Waals surface area contributed by atoms with Gasteiger partial charge in [-0.15, -0.1) is 0 Å². The van der Waals surface area contributed by atoms with E-state index in [4.69, 9.17) is 9.84 Å². The minimum absolute atomic E-state index is 0.0164. The summed E-state index contributed by atoms with van der Waals surface area (Å²) in [5, 5.41) is 11.7.